The minimum Gasteiger partial charge on any atom is -0.489 e. The van der Waals surface area contributed by atoms with E-state index in [9.17, 15) is 4.79 Å². The molecule has 0 spiro atoms. The second kappa shape index (κ2) is 4.80. The van der Waals surface area contributed by atoms with Crippen molar-refractivity contribution in [2.45, 2.75) is 13.8 Å². The minimum absolute atomic E-state index is 0.0676. The number of nitrogens with zero attached hydrogens (tertiary/aromatic N) is 1. The molecule has 2 heterocycles. The van der Waals surface area contributed by atoms with Gasteiger partial charge in [-0.15, -0.1) is 0 Å². The summed E-state index contributed by atoms with van der Waals surface area (Å²) in [5.74, 6) is 0.539. The molecule has 3 rings (SSSR count). The molecule has 6 nitrogen and oxygen atoms in total. The van der Waals surface area contributed by atoms with Gasteiger partial charge < -0.3 is 19.1 Å². The number of benzene rings is 1. The molecular weight excluding hydrogens is 274 g/mol. The van der Waals surface area contributed by atoms with Crippen molar-refractivity contribution in [3.05, 3.63) is 30.0 Å². The van der Waals surface area contributed by atoms with E-state index in [1.165, 1.54) is 6.07 Å². The van der Waals surface area contributed by atoms with Gasteiger partial charge in [-0.05, 0) is 18.2 Å². The fourth-order valence-corrected chi connectivity index (χ4v) is 1.99. The lowest BCUT2D eigenvalue weighted by atomic mass is 9.97. The van der Waals surface area contributed by atoms with Crippen molar-refractivity contribution >= 4 is 5.97 Å². The molecular formula is C15H15NO5. The van der Waals surface area contributed by atoms with Gasteiger partial charge in [0.2, 0.25) is 0 Å². The molecule has 0 atom stereocenters. The van der Waals surface area contributed by atoms with Crippen LogP contribution in [0.3, 0.4) is 0 Å². The molecule has 1 aromatic heterocycles. The van der Waals surface area contributed by atoms with Crippen molar-refractivity contribution in [2.24, 2.45) is 5.41 Å². The number of hydrogen-bond donors (Lipinski definition) is 1. The third kappa shape index (κ3) is 2.69. The van der Waals surface area contributed by atoms with Crippen LogP contribution in [0.15, 0.2) is 28.8 Å². The summed E-state index contributed by atoms with van der Waals surface area (Å²) in [4.78, 5) is 10.8. The molecule has 0 aliphatic carbocycles. The van der Waals surface area contributed by atoms with E-state index in [1.807, 2.05) is 0 Å². The van der Waals surface area contributed by atoms with E-state index in [2.05, 4.69) is 19.0 Å². The Morgan fingerprint density at radius 1 is 1.19 bits per heavy atom. The van der Waals surface area contributed by atoms with Gasteiger partial charge in [-0.25, -0.2) is 4.79 Å². The summed E-state index contributed by atoms with van der Waals surface area (Å²) in [7, 11) is 0. The Labute approximate surface area is 121 Å². The van der Waals surface area contributed by atoms with Gasteiger partial charge in [0, 0.05) is 17.0 Å². The number of aromatic nitrogens is 1. The zero-order valence-corrected chi connectivity index (χ0v) is 11.8. The summed E-state index contributed by atoms with van der Waals surface area (Å²) in [5.41, 5.74) is 0.498. The van der Waals surface area contributed by atoms with E-state index in [1.54, 1.807) is 18.2 Å². The Hall–Kier alpha value is -2.50. The van der Waals surface area contributed by atoms with Crippen LogP contribution in [0.4, 0.5) is 0 Å². The second-order valence-corrected chi connectivity index (χ2v) is 5.78. The van der Waals surface area contributed by atoms with E-state index in [0.717, 1.165) is 0 Å². The first-order valence-electron chi connectivity index (χ1n) is 6.55. The monoisotopic (exact) mass is 289 g/mol. The third-order valence-corrected chi connectivity index (χ3v) is 3.19. The predicted molar refractivity (Wildman–Crippen MR) is 73.7 cm³/mol. The summed E-state index contributed by atoms with van der Waals surface area (Å²) >= 11 is 0. The van der Waals surface area contributed by atoms with E-state index >= 15 is 0 Å². The summed E-state index contributed by atoms with van der Waals surface area (Å²) < 4.78 is 16.6. The maximum Gasteiger partial charge on any atom is 0.358 e. The number of aromatic carboxylic acids is 1. The van der Waals surface area contributed by atoms with Gasteiger partial charge in [-0.1, -0.05) is 19.0 Å². The maximum atomic E-state index is 10.8. The lowest BCUT2D eigenvalue weighted by Gasteiger charge is -2.19. The van der Waals surface area contributed by atoms with Crippen LogP contribution >= 0.6 is 0 Å². The van der Waals surface area contributed by atoms with Crippen LogP contribution in [0.5, 0.6) is 11.5 Å². The van der Waals surface area contributed by atoms with Crippen LogP contribution in [-0.2, 0) is 0 Å². The topological polar surface area (TPSA) is 81.8 Å². The first-order valence-corrected chi connectivity index (χ1v) is 6.55. The summed E-state index contributed by atoms with van der Waals surface area (Å²) in [5, 5.41) is 12.4. The van der Waals surface area contributed by atoms with Crippen molar-refractivity contribution in [1.29, 1.82) is 0 Å². The third-order valence-electron chi connectivity index (χ3n) is 3.19. The Bertz CT molecular complexity index is 689. The van der Waals surface area contributed by atoms with Gasteiger partial charge in [0.25, 0.3) is 0 Å². The molecule has 6 heteroatoms. The first kappa shape index (κ1) is 13.5. The van der Waals surface area contributed by atoms with Crippen LogP contribution < -0.4 is 9.47 Å². The SMILES string of the molecule is CC1(C)COc2ccc(-c3cc(C(=O)O)no3)cc2OC1. The van der Waals surface area contributed by atoms with Crippen LogP contribution in [0.1, 0.15) is 24.3 Å². The number of fused-ring (bicyclic) bond motifs is 1. The molecule has 0 saturated heterocycles. The Morgan fingerprint density at radius 2 is 1.90 bits per heavy atom. The van der Waals surface area contributed by atoms with Gasteiger partial charge >= 0.3 is 5.97 Å². The predicted octanol–water partition coefficient (Wildman–Crippen LogP) is 2.84. The summed E-state index contributed by atoms with van der Waals surface area (Å²) in [6.07, 6.45) is 0. The molecule has 0 saturated carbocycles. The molecule has 0 radical (unpaired) electrons. The molecule has 1 aliphatic heterocycles. The van der Waals surface area contributed by atoms with Gasteiger partial charge in [-0.2, -0.15) is 0 Å². The first-order chi connectivity index (χ1) is 9.94. The zero-order chi connectivity index (χ0) is 15.0. The van der Waals surface area contributed by atoms with Crippen LogP contribution in [0.25, 0.3) is 11.3 Å². The molecule has 0 fully saturated rings. The Kier molecular flexibility index (Phi) is 3.08. The van der Waals surface area contributed by atoms with Crippen LogP contribution in [-0.4, -0.2) is 29.4 Å². The lowest BCUT2D eigenvalue weighted by Crippen LogP contribution is -2.26. The van der Waals surface area contributed by atoms with Gasteiger partial charge in [0.05, 0.1) is 13.2 Å². The van der Waals surface area contributed by atoms with E-state index in [0.29, 0.717) is 36.0 Å². The highest BCUT2D eigenvalue weighted by Gasteiger charge is 2.25. The number of carboxylic acids is 1. The van der Waals surface area contributed by atoms with Crippen molar-refractivity contribution in [1.82, 2.24) is 5.16 Å². The zero-order valence-electron chi connectivity index (χ0n) is 11.8. The highest BCUT2D eigenvalue weighted by Crippen LogP contribution is 2.37. The average molecular weight is 289 g/mol. The largest absolute Gasteiger partial charge is 0.489 e. The molecule has 0 bridgehead atoms. The van der Waals surface area contributed by atoms with E-state index < -0.39 is 5.97 Å². The normalized spacial score (nSPS) is 16.3. The smallest absolute Gasteiger partial charge is 0.358 e. The maximum absolute atomic E-state index is 10.8. The Morgan fingerprint density at radius 3 is 2.57 bits per heavy atom. The van der Waals surface area contributed by atoms with Gasteiger partial charge in [-0.3, -0.25) is 0 Å². The summed E-state index contributed by atoms with van der Waals surface area (Å²) in [6.45, 7) is 5.25. The lowest BCUT2D eigenvalue weighted by molar-refractivity contribution is 0.0686. The Balaban J connectivity index is 1.92. The van der Waals surface area contributed by atoms with Gasteiger partial charge in [0.1, 0.15) is 0 Å². The van der Waals surface area contributed by atoms with Crippen molar-refractivity contribution in [2.75, 3.05) is 13.2 Å². The molecule has 1 aliphatic rings. The standard InChI is InChI=1S/C15H15NO5/c1-15(2)7-19-11-4-3-9(5-13(11)20-8-15)12-6-10(14(17)18)16-21-12/h3-6H,7-8H2,1-2H3,(H,17,18). The number of carboxylic acid groups (broad SMARTS) is 1. The molecule has 21 heavy (non-hydrogen) atoms. The molecule has 110 valence electrons. The van der Waals surface area contributed by atoms with Crippen molar-refractivity contribution < 1.29 is 23.9 Å². The second-order valence-electron chi connectivity index (χ2n) is 5.78. The van der Waals surface area contributed by atoms with Crippen molar-refractivity contribution in [3.8, 4) is 22.8 Å². The van der Waals surface area contributed by atoms with E-state index in [4.69, 9.17) is 19.1 Å². The average Bonchev–Trinajstić information content (AvgIpc) is 2.88. The fourth-order valence-electron chi connectivity index (χ4n) is 1.99. The number of hydrogen-bond acceptors (Lipinski definition) is 5. The molecule has 1 N–H and O–H groups in total. The van der Waals surface area contributed by atoms with Crippen LogP contribution in [0, 0.1) is 5.41 Å². The fraction of sp³-hybridized carbons (Fsp3) is 0.333. The number of rotatable bonds is 2. The molecule has 2 aromatic rings. The molecule has 0 unspecified atom stereocenters. The number of carbonyl (C=O) groups is 1. The van der Waals surface area contributed by atoms with E-state index in [-0.39, 0.29) is 11.1 Å². The highest BCUT2D eigenvalue weighted by atomic mass is 16.5. The number of ether oxygens (including phenoxy) is 2. The molecule has 1 aromatic carbocycles. The minimum atomic E-state index is -1.12. The summed E-state index contributed by atoms with van der Waals surface area (Å²) in [6, 6.07) is 6.72. The quantitative estimate of drug-likeness (QED) is 0.915. The van der Waals surface area contributed by atoms with Gasteiger partial charge in [0.15, 0.2) is 23.0 Å². The highest BCUT2D eigenvalue weighted by molar-refractivity contribution is 5.86. The van der Waals surface area contributed by atoms with Crippen LogP contribution in [0.2, 0.25) is 0 Å². The molecule has 0 amide bonds. The van der Waals surface area contributed by atoms with Crippen molar-refractivity contribution in [3.63, 3.8) is 0 Å².